The van der Waals surface area contributed by atoms with Crippen molar-refractivity contribution in [1.29, 1.82) is 0 Å². The fraction of sp³-hybridized carbons (Fsp3) is 0.462. The van der Waals surface area contributed by atoms with Crippen LogP contribution in [0.2, 0.25) is 0 Å². The van der Waals surface area contributed by atoms with Gasteiger partial charge in [0.25, 0.3) is 0 Å². The molecule has 174 valence electrons. The predicted octanol–water partition coefficient (Wildman–Crippen LogP) is 5.56. The summed E-state index contributed by atoms with van der Waals surface area (Å²) in [6.07, 6.45) is 4.39. The van der Waals surface area contributed by atoms with E-state index in [4.69, 9.17) is 23.6 Å². The van der Waals surface area contributed by atoms with Gasteiger partial charge < -0.3 is 19.1 Å². The van der Waals surface area contributed by atoms with Crippen LogP contribution in [0.3, 0.4) is 0 Å². The number of ether oxygens (including phenoxy) is 3. The molecule has 0 amide bonds. The van der Waals surface area contributed by atoms with Crippen LogP contribution in [-0.4, -0.2) is 51.0 Å². The molecule has 1 saturated heterocycles. The zero-order chi connectivity index (χ0) is 23.0. The molecule has 0 atom stereocenters. The lowest BCUT2D eigenvalue weighted by Crippen LogP contribution is -2.39. The van der Waals surface area contributed by atoms with Gasteiger partial charge in [-0.25, -0.2) is 4.99 Å². The summed E-state index contributed by atoms with van der Waals surface area (Å²) in [6.45, 7) is 4.13. The second-order valence-electron chi connectivity index (χ2n) is 9.21. The third-order valence-electron chi connectivity index (χ3n) is 7.08. The number of benzene rings is 2. The van der Waals surface area contributed by atoms with E-state index in [1.807, 2.05) is 12.1 Å². The summed E-state index contributed by atoms with van der Waals surface area (Å²) >= 11 is 1.50. The zero-order valence-corrected chi connectivity index (χ0v) is 20.6. The number of para-hydroxylation sites is 1. The van der Waals surface area contributed by atoms with Crippen LogP contribution >= 0.6 is 11.9 Å². The van der Waals surface area contributed by atoms with E-state index in [1.54, 1.807) is 21.3 Å². The first-order chi connectivity index (χ1) is 16.1. The predicted molar refractivity (Wildman–Crippen MR) is 133 cm³/mol. The summed E-state index contributed by atoms with van der Waals surface area (Å²) in [5, 5.41) is 0. The van der Waals surface area contributed by atoms with Crippen LogP contribution in [0, 0.1) is 5.41 Å². The average Bonchev–Trinajstić information content (AvgIpc) is 3.64. The average molecular weight is 466 g/mol. The minimum atomic E-state index is 0.0875. The van der Waals surface area contributed by atoms with Gasteiger partial charge in [0, 0.05) is 47.0 Å². The minimum Gasteiger partial charge on any atom is -0.496 e. The van der Waals surface area contributed by atoms with Crippen LogP contribution in [0.15, 0.2) is 50.7 Å². The van der Waals surface area contributed by atoms with Gasteiger partial charge in [0.2, 0.25) is 0 Å². The molecule has 0 radical (unpaired) electrons. The van der Waals surface area contributed by atoms with Crippen molar-refractivity contribution in [2.45, 2.75) is 43.4 Å². The lowest BCUT2D eigenvalue weighted by atomic mass is 9.88. The Hall–Kier alpha value is -2.67. The normalized spacial score (nSPS) is 19.7. The number of nitrogens with zero attached hydrogens (tertiary/aromatic N) is 3. The lowest BCUT2D eigenvalue weighted by Gasteiger charge is -2.35. The molecule has 2 aromatic rings. The third-order valence-corrected chi connectivity index (χ3v) is 7.88. The fourth-order valence-corrected chi connectivity index (χ4v) is 5.54. The Balaban J connectivity index is 1.47. The molecular weight excluding hydrogens is 434 g/mol. The maximum Gasteiger partial charge on any atom is 0.161 e. The molecule has 3 aliphatic rings. The van der Waals surface area contributed by atoms with E-state index in [0.717, 1.165) is 72.4 Å². The van der Waals surface area contributed by atoms with Crippen LogP contribution in [-0.2, 0) is 0 Å². The Kier molecular flexibility index (Phi) is 5.99. The van der Waals surface area contributed by atoms with Gasteiger partial charge in [0.05, 0.1) is 21.3 Å². The smallest absolute Gasteiger partial charge is 0.161 e. The molecule has 1 saturated carbocycles. The fourth-order valence-electron chi connectivity index (χ4n) is 4.69. The van der Waals surface area contributed by atoms with Crippen LogP contribution in [0.1, 0.15) is 49.7 Å². The van der Waals surface area contributed by atoms with Crippen molar-refractivity contribution in [3.63, 3.8) is 0 Å². The summed E-state index contributed by atoms with van der Waals surface area (Å²) in [7, 11) is 5.10. The van der Waals surface area contributed by atoms with Gasteiger partial charge in [-0.3, -0.25) is 0 Å². The molecule has 1 aliphatic carbocycles. The van der Waals surface area contributed by atoms with Crippen molar-refractivity contribution in [2.75, 3.05) is 34.4 Å². The van der Waals surface area contributed by atoms with Crippen molar-refractivity contribution in [1.82, 2.24) is 4.90 Å². The molecule has 2 heterocycles. The molecule has 0 N–H and O–H groups in total. The van der Waals surface area contributed by atoms with Gasteiger partial charge in [-0.05, 0) is 49.3 Å². The first-order valence-electron chi connectivity index (χ1n) is 11.5. The van der Waals surface area contributed by atoms with Crippen molar-refractivity contribution < 1.29 is 14.2 Å². The van der Waals surface area contributed by atoms with E-state index < -0.39 is 0 Å². The molecule has 2 aliphatic heterocycles. The van der Waals surface area contributed by atoms with Crippen molar-refractivity contribution in [3.05, 3.63) is 47.5 Å². The van der Waals surface area contributed by atoms with E-state index in [1.165, 1.54) is 17.5 Å². The van der Waals surface area contributed by atoms with Crippen LogP contribution < -0.4 is 14.2 Å². The number of fused-ring (bicyclic) bond motifs is 1. The third kappa shape index (κ3) is 4.19. The van der Waals surface area contributed by atoms with Crippen LogP contribution in [0.25, 0.3) is 0 Å². The molecule has 2 aromatic carbocycles. The number of likely N-dealkylation sites (tertiary alicyclic amines) is 1. The number of piperidine rings is 1. The molecule has 7 heteroatoms. The van der Waals surface area contributed by atoms with Gasteiger partial charge in [0.1, 0.15) is 17.4 Å². The zero-order valence-electron chi connectivity index (χ0n) is 19.8. The lowest BCUT2D eigenvalue weighted by molar-refractivity contribution is 0.307. The molecule has 0 unspecified atom stereocenters. The molecule has 33 heavy (non-hydrogen) atoms. The standard InChI is InChI=1S/C26H31N3O3S/c1-26(11-12-26)25-27-24(19-15-21(31-3)22(32-4)16-23(19)33-28-25)29-13-9-17(10-14-29)18-7-5-6-8-20(18)30-2/h5-8,15-17H,9-14H2,1-4H3. The van der Waals surface area contributed by atoms with Crippen LogP contribution in [0.4, 0.5) is 0 Å². The largest absolute Gasteiger partial charge is 0.496 e. The first kappa shape index (κ1) is 22.1. The molecule has 2 fully saturated rings. The number of hydrogen-bond donors (Lipinski definition) is 0. The minimum absolute atomic E-state index is 0.0875. The molecular formula is C26H31N3O3S. The number of hydrogen-bond acceptors (Lipinski definition) is 7. The first-order valence-corrected chi connectivity index (χ1v) is 12.3. The summed E-state index contributed by atoms with van der Waals surface area (Å²) < 4.78 is 21.7. The maximum atomic E-state index is 5.63. The van der Waals surface area contributed by atoms with Gasteiger partial charge in [-0.1, -0.05) is 25.1 Å². The molecule has 0 aromatic heterocycles. The highest BCUT2D eigenvalue weighted by atomic mass is 32.2. The van der Waals surface area contributed by atoms with E-state index in [-0.39, 0.29) is 5.41 Å². The highest BCUT2D eigenvalue weighted by molar-refractivity contribution is 7.98. The Morgan fingerprint density at radius 2 is 1.61 bits per heavy atom. The van der Waals surface area contributed by atoms with E-state index in [0.29, 0.717) is 11.7 Å². The van der Waals surface area contributed by atoms with Gasteiger partial charge >= 0.3 is 0 Å². The summed E-state index contributed by atoms with van der Waals surface area (Å²) in [5.41, 5.74) is 2.46. The number of rotatable bonds is 5. The number of aliphatic imine (C=N–C) groups is 1. The Labute approximate surface area is 200 Å². The number of amidine groups is 2. The number of methoxy groups -OCH3 is 3. The molecule has 6 nitrogen and oxygen atoms in total. The Bertz CT molecular complexity index is 1100. The second kappa shape index (κ2) is 8.93. The van der Waals surface area contributed by atoms with Crippen LogP contribution in [0.5, 0.6) is 17.2 Å². The van der Waals surface area contributed by atoms with Crippen molar-refractivity contribution in [2.24, 2.45) is 14.8 Å². The summed E-state index contributed by atoms with van der Waals surface area (Å²) in [6, 6.07) is 12.5. The SMILES string of the molecule is COc1cc2c(cc1OC)C(N1CCC(c3ccccc3OC)CC1)=NC(C1(C)CC1)=NS2. The van der Waals surface area contributed by atoms with Crippen molar-refractivity contribution >= 4 is 23.6 Å². The van der Waals surface area contributed by atoms with E-state index in [2.05, 4.69) is 36.1 Å². The molecule has 0 spiro atoms. The van der Waals surface area contributed by atoms with Gasteiger partial charge in [-0.2, -0.15) is 4.40 Å². The highest BCUT2D eigenvalue weighted by Gasteiger charge is 2.44. The monoisotopic (exact) mass is 465 g/mol. The van der Waals surface area contributed by atoms with Crippen molar-refractivity contribution in [3.8, 4) is 17.2 Å². The maximum absolute atomic E-state index is 5.63. The Morgan fingerprint density at radius 1 is 0.939 bits per heavy atom. The summed E-state index contributed by atoms with van der Waals surface area (Å²) in [4.78, 5) is 8.66. The molecule has 5 rings (SSSR count). The van der Waals surface area contributed by atoms with E-state index in [9.17, 15) is 0 Å². The highest BCUT2D eigenvalue weighted by Crippen LogP contribution is 2.49. The topological polar surface area (TPSA) is 55.7 Å². The Morgan fingerprint density at radius 3 is 2.27 bits per heavy atom. The molecule has 0 bridgehead atoms. The van der Waals surface area contributed by atoms with Gasteiger partial charge in [-0.15, -0.1) is 0 Å². The quantitative estimate of drug-likeness (QED) is 0.541. The summed E-state index contributed by atoms with van der Waals surface area (Å²) in [5.74, 6) is 4.85. The van der Waals surface area contributed by atoms with E-state index >= 15 is 0 Å². The van der Waals surface area contributed by atoms with Gasteiger partial charge in [0.15, 0.2) is 11.5 Å². The second-order valence-corrected chi connectivity index (χ2v) is 10.0.